The van der Waals surface area contributed by atoms with Gasteiger partial charge in [-0.3, -0.25) is 9.59 Å². The van der Waals surface area contributed by atoms with E-state index in [1.54, 1.807) is 38.1 Å². The molecule has 0 aliphatic carbocycles. The van der Waals surface area contributed by atoms with Gasteiger partial charge in [0.05, 0.1) is 0 Å². The second-order valence-corrected chi connectivity index (χ2v) is 4.40. The molecule has 1 aromatic rings. The third kappa shape index (κ3) is 3.34. The van der Waals surface area contributed by atoms with Gasteiger partial charge in [-0.05, 0) is 17.9 Å². The van der Waals surface area contributed by atoms with Gasteiger partial charge in [-0.15, -0.1) is 0 Å². The predicted octanol–water partition coefficient (Wildman–Crippen LogP) is 1.39. The Hall–Kier alpha value is -0.840. The number of carboxylic acid groups (broad SMARTS) is 2. The predicted molar refractivity (Wildman–Crippen MR) is 69.8 cm³/mol. The van der Waals surface area contributed by atoms with E-state index in [4.69, 9.17) is 0 Å². The van der Waals surface area contributed by atoms with Crippen molar-refractivity contribution in [1.29, 1.82) is 0 Å². The third-order valence-corrected chi connectivity index (χ3v) is 3.07. The molecule has 0 spiro atoms. The van der Waals surface area contributed by atoms with Crippen LogP contribution in [0.2, 0.25) is 0 Å². The molecule has 1 rings (SSSR count). The Morgan fingerprint density at radius 1 is 1.11 bits per heavy atom. The van der Waals surface area contributed by atoms with Crippen LogP contribution in [-0.2, 0) is 16.0 Å². The van der Waals surface area contributed by atoms with Gasteiger partial charge in [0.25, 0.3) is 0 Å². The van der Waals surface area contributed by atoms with Crippen LogP contribution >= 0.6 is 0 Å². The van der Waals surface area contributed by atoms with Crippen molar-refractivity contribution in [2.45, 2.75) is 20.3 Å². The number of aliphatic carboxylic acids is 2. The molecule has 18 heavy (non-hydrogen) atoms. The van der Waals surface area contributed by atoms with Gasteiger partial charge in [0, 0.05) is 0 Å². The summed E-state index contributed by atoms with van der Waals surface area (Å²) in [5.41, 5.74) is -1.05. The van der Waals surface area contributed by atoms with Crippen molar-refractivity contribution in [2.75, 3.05) is 0 Å². The first-order valence-corrected chi connectivity index (χ1v) is 5.42. The van der Waals surface area contributed by atoms with E-state index in [9.17, 15) is 19.8 Å². The Balaban J connectivity index is 0.00000289. The summed E-state index contributed by atoms with van der Waals surface area (Å²) in [6.45, 7) is 3.23. The molecule has 0 saturated heterocycles. The Morgan fingerprint density at radius 3 is 1.89 bits per heavy atom. The molecule has 0 saturated carbocycles. The number of hydrogen-bond acceptors (Lipinski definition) is 2. The molecule has 4 nitrogen and oxygen atoms in total. The molecule has 5 heteroatoms. The molecule has 0 radical (unpaired) electrons. The van der Waals surface area contributed by atoms with Crippen LogP contribution in [-0.4, -0.2) is 51.7 Å². The van der Waals surface area contributed by atoms with E-state index in [1.165, 1.54) is 0 Å². The molecule has 2 N–H and O–H groups in total. The molecule has 0 heterocycles. The van der Waals surface area contributed by atoms with Crippen LogP contribution in [0.3, 0.4) is 0 Å². The zero-order valence-corrected chi connectivity index (χ0v) is 9.88. The first-order chi connectivity index (χ1) is 7.91. The normalized spacial score (nSPS) is 10.8. The van der Waals surface area contributed by atoms with Gasteiger partial charge < -0.3 is 10.2 Å². The van der Waals surface area contributed by atoms with Gasteiger partial charge in [0.1, 0.15) is 0 Å². The molecular formula is C13H17NaO4. The van der Waals surface area contributed by atoms with Gasteiger partial charge in [-0.25, -0.2) is 0 Å². The molecule has 0 amide bonds. The average molecular weight is 260 g/mol. The first-order valence-electron chi connectivity index (χ1n) is 5.42. The maximum absolute atomic E-state index is 11.3. The molecule has 0 aliphatic heterocycles. The number of rotatable bonds is 5. The number of carbonyl (C=O) groups is 2. The van der Waals surface area contributed by atoms with Crippen LogP contribution in [0.5, 0.6) is 0 Å². The van der Waals surface area contributed by atoms with E-state index in [0.29, 0.717) is 5.56 Å². The molecular weight excluding hydrogens is 243 g/mol. The Morgan fingerprint density at radius 2 is 1.56 bits per heavy atom. The molecule has 0 bridgehead atoms. The summed E-state index contributed by atoms with van der Waals surface area (Å²) in [5.74, 6) is -3.06. The SMILES string of the molecule is CC(C)C(Cc1ccccc1)(C(=O)O)C(=O)O.[NaH]. The standard InChI is InChI=1S/C13H16O4.Na.H/c1-9(2)13(11(14)15,12(16)17)8-10-6-4-3-5-7-10;;/h3-7,9H,8H2,1-2H3,(H,14,15)(H,16,17);;. The van der Waals surface area contributed by atoms with Crippen molar-refractivity contribution in [1.82, 2.24) is 0 Å². The van der Waals surface area contributed by atoms with Crippen molar-refractivity contribution in [3.05, 3.63) is 35.9 Å². The summed E-state index contributed by atoms with van der Waals surface area (Å²) in [4.78, 5) is 22.7. The summed E-state index contributed by atoms with van der Waals surface area (Å²) in [5, 5.41) is 18.5. The van der Waals surface area contributed by atoms with Crippen molar-refractivity contribution >= 4 is 41.5 Å². The zero-order valence-electron chi connectivity index (χ0n) is 9.88. The second kappa shape index (κ2) is 6.92. The zero-order chi connectivity index (χ0) is 13.1. The van der Waals surface area contributed by atoms with Gasteiger partial charge in [0.2, 0.25) is 0 Å². The summed E-state index contributed by atoms with van der Waals surface area (Å²) >= 11 is 0. The summed E-state index contributed by atoms with van der Waals surface area (Å²) in [7, 11) is 0. The maximum atomic E-state index is 11.3. The molecule has 0 aromatic heterocycles. The third-order valence-electron chi connectivity index (χ3n) is 3.07. The summed E-state index contributed by atoms with van der Waals surface area (Å²) < 4.78 is 0. The molecule has 0 atom stereocenters. The first kappa shape index (κ1) is 17.2. The van der Waals surface area contributed by atoms with Crippen molar-refractivity contribution in [3.8, 4) is 0 Å². The van der Waals surface area contributed by atoms with Gasteiger partial charge in [-0.2, -0.15) is 0 Å². The Bertz CT molecular complexity index is 400. The van der Waals surface area contributed by atoms with E-state index in [2.05, 4.69) is 0 Å². The quantitative estimate of drug-likeness (QED) is 0.619. The minimum absolute atomic E-state index is 0. The van der Waals surface area contributed by atoms with Gasteiger partial charge >= 0.3 is 41.5 Å². The average Bonchev–Trinajstić information content (AvgIpc) is 2.25. The van der Waals surface area contributed by atoms with Crippen LogP contribution in [0.1, 0.15) is 19.4 Å². The van der Waals surface area contributed by atoms with Crippen molar-refractivity contribution in [2.24, 2.45) is 11.3 Å². The van der Waals surface area contributed by atoms with Crippen LogP contribution < -0.4 is 0 Å². The molecule has 94 valence electrons. The Kier molecular flexibility index (Phi) is 6.60. The topological polar surface area (TPSA) is 74.6 Å². The number of carboxylic acids is 2. The second-order valence-electron chi connectivity index (χ2n) is 4.40. The number of hydrogen-bond donors (Lipinski definition) is 2. The number of benzene rings is 1. The molecule has 1 aromatic carbocycles. The van der Waals surface area contributed by atoms with Crippen LogP contribution in [0, 0.1) is 11.3 Å². The van der Waals surface area contributed by atoms with Crippen LogP contribution in [0.4, 0.5) is 0 Å². The van der Waals surface area contributed by atoms with Gasteiger partial charge in [-0.1, -0.05) is 44.2 Å². The van der Waals surface area contributed by atoms with Crippen molar-refractivity contribution in [3.63, 3.8) is 0 Å². The van der Waals surface area contributed by atoms with Crippen LogP contribution in [0.15, 0.2) is 30.3 Å². The fourth-order valence-electron chi connectivity index (χ4n) is 1.86. The Labute approximate surface area is 128 Å². The van der Waals surface area contributed by atoms with Crippen molar-refractivity contribution < 1.29 is 19.8 Å². The summed E-state index contributed by atoms with van der Waals surface area (Å²) in [6, 6.07) is 8.82. The fourth-order valence-corrected chi connectivity index (χ4v) is 1.86. The van der Waals surface area contributed by atoms with E-state index in [-0.39, 0.29) is 36.0 Å². The van der Waals surface area contributed by atoms with Gasteiger partial charge in [0.15, 0.2) is 5.41 Å². The van der Waals surface area contributed by atoms with E-state index < -0.39 is 23.3 Å². The van der Waals surface area contributed by atoms with E-state index in [0.717, 1.165) is 0 Å². The molecule has 0 fully saturated rings. The van der Waals surface area contributed by atoms with E-state index >= 15 is 0 Å². The van der Waals surface area contributed by atoms with Crippen LogP contribution in [0.25, 0.3) is 0 Å². The molecule has 0 unspecified atom stereocenters. The monoisotopic (exact) mass is 260 g/mol. The summed E-state index contributed by atoms with van der Waals surface area (Å²) in [6.07, 6.45) is -0.00380. The minimum atomic E-state index is -1.76. The fraction of sp³-hybridized carbons (Fsp3) is 0.385. The molecule has 0 aliphatic rings. The van der Waals surface area contributed by atoms with E-state index in [1.807, 2.05) is 6.07 Å².